The van der Waals surface area contributed by atoms with Crippen molar-refractivity contribution in [3.8, 4) is 17.2 Å². The molecule has 1 aliphatic rings. The maximum absolute atomic E-state index is 12.8. The summed E-state index contributed by atoms with van der Waals surface area (Å²) in [6.45, 7) is 1.22. The molecular weight excluding hydrogens is 380 g/mol. The second kappa shape index (κ2) is 7.98. The second-order valence-corrected chi connectivity index (χ2v) is 7.00. The molecule has 2 aromatic heterocycles. The first kappa shape index (κ1) is 18.4. The Hall–Kier alpha value is -2.93. The molecule has 1 amide bonds. The number of carbonyl (C=O) groups is 1. The fourth-order valence-corrected chi connectivity index (χ4v) is 3.60. The molecular formula is C20H19ClN4O3. The van der Waals surface area contributed by atoms with E-state index in [1.54, 1.807) is 24.1 Å². The van der Waals surface area contributed by atoms with Gasteiger partial charge < -0.3 is 14.2 Å². The van der Waals surface area contributed by atoms with Gasteiger partial charge in [-0.2, -0.15) is 4.98 Å². The number of methoxy groups -OCH3 is 1. The normalized spacial score (nSPS) is 16.8. The van der Waals surface area contributed by atoms with Gasteiger partial charge in [0.05, 0.1) is 12.7 Å². The lowest BCUT2D eigenvalue weighted by Crippen LogP contribution is -2.39. The smallest absolute Gasteiger partial charge is 0.261 e. The Labute approximate surface area is 167 Å². The van der Waals surface area contributed by atoms with Crippen LogP contribution in [0.1, 0.15) is 34.9 Å². The van der Waals surface area contributed by atoms with Crippen molar-refractivity contribution >= 4 is 17.5 Å². The maximum atomic E-state index is 12.8. The molecule has 0 radical (unpaired) electrons. The Balaban J connectivity index is 1.52. The molecule has 3 aromatic rings. The third kappa shape index (κ3) is 3.71. The van der Waals surface area contributed by atoms with Crippen LogP contribution in [-0.2, 0) is 0 Å². The molecule has 8 heteroatoms. The molecule has 1 aromatic carbocycles. The molecule has 28 heavy (non-hydrogen) atoms. The zero-order valence-corrected chi connectivity index (χ0v) is 16.1. The van der Waals surface area contributed by atoms with Gasteiger partial charge in [-0.05, 0) is 37.1 Å². The van der Waals surface area contributed by atoms with E-state index >= 15 is 0 Å². The SMILES string of the molecule is COc1ccccc1-c1nc([C@@H]2CCCN(C(=O)c3ccnc(Cl)c3)C2)no1. The summed E-state index contributed by atoms with van der Waals surface area (Å²) in [4.78, 5) is 23.1. The number of hydrogen-bond donors (Lipinski definition) is 0. The van der Waals surface area contributed by atoms with Crippen molar-refractivity contribution in [2.75, 3.05) is 20.2 Å². The zero-order valence-electron chi connectivity index (χ0n) is 15.3. The van der Waals surface area contributed by atoms with E-state index in [4.69, 9.17) is 20.9 Å². The van der Waals surface area contributed by atoms with Crippen LogP contribution in [0.4, 0.5) is 0 Å². The lowest BCUT2D eigenvalue weighted by Gasteiger charge is -2.31. The highest BCUT2D eigenvalue weighted by Gasteiger charge is 2.29. The topological polar surface area (TPSA) is 81.4 Å². The number of para-hydroxylation sites is 1. The molecule has 1 atom stereocenters. The minimum atomic E-state index is -0.0672. The summed E-state index contributed by atoms with van der Waals surface area (Å²) in [6.07, 6.45) is 3.30. The van der Waals surface area contributed by atoms with Gasteiger partial charge in [-0.1, -0.05) is 28.9 Å². The third-order valence-corrected chi connectivity index (χ3v) is 5.03. The molecule has 1 saturated heterocycles. The highest BCUT2D eigenvalue weighted by atomic mass is 35.5. The molecule has 1 aliphatic heterocycles. The number of aromatic nitrogens is 3. The quantitative estimate of drug-likeness (QED) is 0.621. The van der Waals surface area contributed by atoms with Crippen LogP contribution in [0.15, 0.2) is 47.1 Å². The third-order valence-electron chi connectivity index (χ3n) is 4.83. The summed E-state index contributed by atoms with van der Waals surface area (Å²) >= 11 is 5.91. The Morgan fingerprint density at radius 1 is 1.32 bits per heavy atom. The number of benzene rings is 1. The number of hydrogen-bond acceptors (Lipinski definition) is 6. The van der Waals surface area contributed by atoms with Crippen molar-refractivity contribution in [3.63, 3.8) is 0 Å². The molecule has 0 bridgehead atoms. The van der Waals surface area contributed by atoms with Gasteiger partial charge in [0.15, 0.2) is 5.82 Å². The Bertz CT molecular complexity index is 991. The average molecular weight is 399 g/mol. The first-order valence-corrected chi connectivity index (χ1v) is 9.41. The van der Waals surface area contributed by atoms with Gasteiger partial charge in [-0.25, -0.2) is 4.98 Å². The Kier molecular flexibility index (Phi) is 5.25. The van der Waals surface area contributed by atoms with Crippen molar-refractivity contribution in [1.82, 2.24) is 20.0 Å². The van der Waals surface area contributed by atoms with Crippen molar-refractivity contribution < 1.29 is 14.1 Å². The number of rotatable bonds is 4. The summed E-state index contributed by atoms with van der Waals surface area (Å²) in [5.41, 5.74) is 1.28. The zero-order chi connectivity index (χ0) is 19.5. The number of likely N-dealkylation sites (tertiary alicyclic amines) is 1. The van der Waals surface area contributed by atoms with Gasteiger partial charge in [-0.3, -0.25) is 4.79 Å². The van der Waals surface area contributed by atoms with Crippen LogP contribution in [0.5, 0.6) is 5.75 Å². The van der Waals surface area contributed by atoms with Crippen molar-refractivity contribution in [2.45, 2.75) is 18.8 Å². The minimum Gasteiger partial charge on any atom is -0.496 e. The van der Waals surface area contributed by atoms with E-state index in [9.17, 15) is 4.79 Å². The molecule has 3 heterocycles. The van der Waals surface area contributed by atoms with Crippen LogP contribution in [0.2, 0.25) is 5.15 Å². The average Bonchev–Trinajstić information content (AvgIpc) is 3.23. The maximum Gasteiger partial charge on any atom is 0.261 e. The molecule has 0 saturated carbocycles. The number of ether oxygens (including phenoxy) is 1. The first-order valence-electron chi connectivity index (χ1n) is 9.03. The molecule has 0 spiro atoms. The number of nitrogens with zero attached hydrogens (tertiary/aromatic N) is 4. The van der Waals surface area contributed by atoms with Gasteiger partial charge in [0.25, 0.3) is 11.8 Å². The largest absolute Gasteiger partial charge is 0.496 e. The van der Waals surface area contributed by atoms with Crippen molar-refractivity contribution in [3.05, 3.63) is 59.1 Å². The van der Waals surface area contributed by atoms with Gasteiger partial charge in [0.2, 0.25) is 0 Å². The van der Waals surface area contributed by atoms with Gasteiger partial charge in [0.1, 0.15) is 10.9 Å². The van der Waals surface area contributed by atoms with E-state index in [2.05, 4.69) is 15.1 Å². The lowest BCUT2D eigenvalue weighted by atomic mass is 9.97. The van der Waals surface area contributed by atoms with E-state index in [1.165, 1.54) is 6.20 Å². The molecule has 7 nitrogen and oxygen atoms in total. The highest BCUT2D eigenvalue weighted by Crippen LogP contribution is 2.31. The summed E-state index contributed by atoms with van der Waals surface area (Å²) < 4.78 is 10.8. The van der Waals surface area contributed by atoms with Crippen LogP contribution < -0.4 is 4.74 Å². The summed E-state index contributed by atoms with van der Waals surface area (Å²) in [6, 6.07) is 10.8. The standard InChI is InChI=1S/C20H19ClN4O3/c1-27-16-7-3-2-6-15(16)19-23-18(24-28-19)14-5-4-10-25(12-14)20(26)13-8-9-22-17(21)11-13/h2-3,6-9,11,14H,4-5,10,12H2,1H3/t14-/m1/s1. The van der Waals surface area contributed by atoms with Crippen LogP contribution in [-0.4, -0.2) is 46.1 Å². The number of amides is 1. The number of carbonyl (C=O) groups excluding carboxylic acids is 1. The van der Waals surface area contributed by atoms with E-state index in [0.29, 0.717) is 41.3 Å². The fourth-order valence-electron chi connectivity index (χ4n) is 3.42. The Morgan fingerprint density at radius 2 is 2.18 bits per heavy atom. The van der Waals surface area contributed by atoms with Crippen molar-refractivity contribution in [1.29, 1.82) is 0 Å². The highest BCUT2D eigenvalue weighted by molar-refractivity contribution is 6.29. The van der Waals surface area contributed by atoms with Gasteiger partial charge >= 0.3 is 0 Å². The second-order valence-electron chi connectivity index (χ2n) is 6.62. The van der Waals surface area contributed by atoms with E-state index in [0.717, 1.165) is 18.4 Å². The first-order chi connectivity index (χ1) is 13.7. The monoisotopic (exact) mass is 398 g/mol. The summed E-state index contributed by atoms with van der Waals surface area (Å²) in [7, 11) is 1.60. The number of piperidine rings is 1. The molecule has 0 unspecified atom stereocenters. The predicted molar refractivity (Wildman–Crippen MR) is 103 cm³/mol. The van der Waals surface area contributed by atoms with E-state index in [-0.39, 0.29) is 11.8 Å². The van der Waals surface area contributed by atoms with Crippen LogP contribution in [0.25, 0.3) is 11.5 Å². The van der Waals surface area contributed by atoms with Crippen LogP contribution in [0.3, 0.4) is 0 Å². The predicted octanol–water partition coefficient (Wildman–Crippen LogP) is 3.81. The Morgan fingerprint density at radius 3 is 3.00 bits per heavy atom. The summed E-state index contributed by atoms with van der Waals surface area (Å²) in [5, 5.41) is 4.47. The van der Waals surface area contributed by atoms with Gasteiger partial charge in [0, 0.05) is 30.8 Å². The molecule has 0 N–H and O–H groups in total. The molecule has 0 aliphatic carbocycles. The number of halogens is 1. The van der Waals surface area contributed by atoms with Crippen molar-refractivity contribution in [2.24, 2.45) is 0 Å². The molecule has 1 fully saturated rings. The number of pyridine rings is 1. The molecule has 144 valence electrons. The lowest BCUT2D eigenvalue weighted by molar-refractivity contribution is 0.0703. The van der Waals surface area contributed by atoms with Crippen LogP contribution >= 0.6 is 11.6 Å². The van der Waals surface area contributed by atoms with E-state index < -0.39 is 0 Å². The van der Waals surface area contributed by atoms with Crippen LogP contribution in [0, 0.1) is 0 Å². The van der Waals surface area contributed by atoms with Gasteiger partial charge in [-0.15, -0.1) is 0 Å². The van der Waals surface area contributed by atoms with E-state index in [1.807, 2.05) is 24.3 Å². The summed E-state index contributed by atoms with van der Waals surface area (Å²) in [5.74, 6) is 1.64. The minimum absolute atomic E-state index is 0.0159. The molecule has 4 rings (SSSR count). The fraction of sp³-hybridized carbons (Fsp3) is 0.300.